The van der Waals surface area contributed by atoms with Crippen LogP contribution in [0.5, 0.6) is 23.0 Å². The van der Waals surface area contributed by atoms with Gasteiger partial charge in [-0.1, -0.05) is 12.1 Å². The minimum Gasteiger partial charge on any atom is -0.496 e. The van der Waals surface area contributed by atoms with E-state index in [4.69, 9.17) is 18.9 Å². The molecule has 2 N–H and O–H groups in total. The molecule has 5 nitrogen and oxygen atoms in total. The van der Waals surface area contributed by atoms with Crippen LogP contribution in [-0.4, -0.2) is 32.5 Å². The van der Waals surface area contributed by atoms with Crippen LogP contribution in [0, 0.1) is 0 Å². The molecule has 2 aromatic carbocycles. The zero-order chi connectivity index (χ0) is 17.2. The Bertz CT molecular complexity index is 761. The third-order valence-electron chi connectivity index (χ3n) is 4.66. The van der Waals surface area contributed by atoms with E-state index in [1.807, 2.05) is 24.3 Å². The Hall–Kier alpha value is -2.40. The number of nitrogens with two attached hydrogens (primary N) is 1. The first-order valence-corrected chi connectivity index (χ1v) is 8.79. The van der Waals surface area contributed by atoms with Crippen molar-refractivity contribution in [3.05, 3.63) is 47.5 Å². The summed E-state index contributed by atoms with van der Waals surface area (Å²) in [6.45, 7) is 4.31. The van der Waals surface area contributed by atoms with Gasteiger partial charge in [0.1, 0.15) is 37.3 Å². The molecule has 5 heteroatoms. The molecule has 0 spiro atoms. The van der Waals surface area contributed by atoms with Gasteiger partial charge in [0.05, 0.1) is 12.7 Å². The smallest absolute Gasteiger partial charge is 0.181 e. The molecule has 0 radical (unpaired) electrons. The van der Waals surface area contributed by atoms with Crippen molar-refractivity contribution in [1.82, 2.24) is 0 Å². The van der Waals surface area contributed by atoms with Crippen molar-refractivity contribution < 1.29 is 24.3 Å². The molecule has 0 aliphatic carbocycles. The Balaban J connectivity index is 1.37. The second-order valence-corrected chi connectivity index (χ2v) is 6.63. The molecule has 132 valence electrons. The van der Waals surface area contributed by atoms with E-state index in [1.165, 1.54) is 5.56 Å². The van der Waals surface area contributed by atoms with Crippen LogP contribution in [-0.2, 0) is 13.0 Å². The van der Waals surface area contributed by atoms with E-state index in [2.05, 4.69) is 24.4 Å². The lowest BCUT2D eigenvalue weighted by molar-refractivity contribution is -0.676. The normalized spacial score (nSPS) is 20.7. The Kier molecular flexibility index (Phi) is 4.40. The number of fused-ring (bicyclic) bond motifs is 2. The molecule has 2 aliphatic rings. The van der Waals surface area contributed by atoms with Gasteiger partial charge in [-0.2, -0.15) is 0 Å². The molecule has 0 unspecified atom stereocenters. The van der Waals surface area contributed by atoms with Gasteiger partial charge in [0.15, 0.2) is 17.6 Å². The van der Waals surface area contributed by atoms with E-state index in [0.717, 1.165) is 48.1 Å². The van der Waals surface area contributed by atoms with E-state index in [9.17, 15) is 0 Å². The zero-order valence-corrected chi connectivity index (χ0v) is 14.7. The van der Waals surface area contributed by atoms with E-state index >= 15 is 0 Å². The summed E-state index contributed by atoms with van der Waals surface area (Å²) >= 11 is 0. The van der Waals surface area contributed by atoms with Crippen LogP contribution < -0.4 is 24.3 Å². The average molecular weight is 342 g/mol. The highest BCUT2D eigenvalue weighted by atomic mass is 16.6. The summed E-state index contributed by atoms with van der Waals surface area (Å²) in [6, 6.07) is 12.0. The van der Waals surface area contributed by atoms with E-state index in [1.54, 1.807) is 7.11 Å². The van der Waals surface area contributed by atoms with Gasteiger partial charge in [0.25, 0.3) is 0 Å². The number of hydrogen-bond acceptors (Lipinski definition) is 4. The first-order valence-electron chi connectivity index (χ1n) is 8.79. The van der Waals surface area contributed by atoms with Crippen molar-refractivity contribution in [3.8, 4) is 23.0 Å². The second-order valence-electron chi connectivity index (χ2n) is 6.63. The summed E-state index contributed by atoms with van der Waals surface area (Å²) in [6.07, 6.45) is 1.24. The minimum absolute atomic E-state index is 0.0478. The van der Waals surface area contributed by atoms with Crippen LogP contribution in [0.2, 0.25) is 0 Å². The summed E-state index contributed by atoms with van der Waals surface area (Å²) in [5.41, 5.74) is 2.38. The van der Waals surface area contributed by atoms with Crippen molar-refractivity contribution in [1.29, 1.82) is 0 Å². The third kappa shape index (κ3) is 3.37. The number of methoxy groups -OCH3 is 1. The summed E-state index contributed by atoms with van der Waals surface area (Å²) < 4.78 is 23.2. The molecule has 0 bridgehead atoms. The predicted octanol–water partition coefficient (Wildman–Crippen LogP) is 1.92. The Labute approximate surface area is 147 Å². The summed E-state index contributed by atoms with van der Waals surface area (Å²) in [5, 5.41) is 2.23. The fourth-order valence-corrected chi connectivity index (χ4v) is 3.43. The third-order valence-corrected chi connectivity index (χ3v) is 4.66. The molecule has 2 aromatic rings. The van der Waals surface area contributed by atoms with Gasteiger partial charge in [-0.15, -0.1) is 0 Å². The van der Waals surface area contributed by atoms with Gasteiger partial charge < -0.3 is 24.3 Å². The molecule has 0 saturated heterocycles. The number of para-hydroxylation sites is 2. The van der Waals surface area contributed by atoms with Crippen LogP contribution in [0.1, 0.15) is 18.1 Å². The zero-order valence-electron chi connectivity index (χ0n) is 14.7. The molecule has 0 amide bonds. The van der Waals surface area contributed by atoms with Crippen LogP contribution in [0.25, 0.3) is 0 Å². The van der Waals surface area contributed by atoms with Gasteiger partial charge in [0, 0.05) is 12.0 Å². The van der Waals surface area contributed by atoms with Crippen LogP contribution in [0.15, 0.2) is 36.4 Å². The van der Waals surface area contributed by atoms with E-state index < -0.39 is 0 Å². The van der Waals surface area contributed by atoms with Crippen molar-refractivity contribution in [2.75, 3.05) is 20.3 Å². The number of rotatable bonds is 5. The monoisotopic (exact) mass is 342 g/mol. The standard InChI is InChI=1S/C20H23NO4/c1-13-7-14-8-19(22-2)15(9-20(14)24-13)10-21-11-16-12-23-17-5-3-4-6-18(17)25-16/h3-6,8-9,13,16,21H,7,10-12H2,1-2H3/p+1/t13-,16+/m1/s1. The quantitative estimate of drug-likeness (QED) is 0.902. The van der Waals surface area contributed by atoms with Gasteiger partial charge >= 0.3 is 0 Å². The second kappa shape index (κ2) is 6.84. The van der Waals surface area contributed by atoms with E-state index in [-0.39, 0.29) is 12.2 Å². The molecule has 0 aromatic heterocycles. The molecule has 4 rings (SSSR count). The Morgan fingerprint density at radius 1 is 1.12 bits per heavy atom. The van der Waals surface area contributed by atoms with Crippen LogP contribution in [0.3, 0.4) is 0 Å². The maximum atomic E-state index is 6.00. The van der Waals surface area contributed by atoms with Gasteiger partial charge in [0.2, 0.25) is 0 Å². The fraction of sp³-hybridized carbons (Fsp3) is 0.400. The van der Waals surface area contributed by atoms with Crippen molar-refractivity contribution in [3.63, 3.8) is 0 Å². The molecule has 0 fully saturated rings. The molecule has 2 aliphatic heterocycles. The van der Waals surface area contributed by atoms with Crippen LogP contribution >= 0.6 is 0 Å². The molecule has 25 heavy (non-hydrogen) atoms. The lowest BCUT2D eigenvalue weighted by Crippen LogP contribution is -2.85. The summed E-state index contributed by atoms with van der Waals surface area (Å²) in [7, 11) is 1.72. The first-order chi connectivity index (χ1) is 12.2. The molecule has 0 saturated carbocycles. The van der Waals surface area contributed by atoms with Crippen molar-refractivity contribution in [2.45, 2.75) is 32.1 Å². The Morgan fingerprint density at radius 2 is 1.96 bits per heavy atom. The summed E-state index contributed by atoms with van der Waals surface area (Å²) in [5.74, 6) is 3.57. The lowest BCUT2D eigenvalue weighted by atomic mass is 10.1. The number of benzene rings is 2. The predicted molar refractivity (Wildman–Crippen MR) is 93.6 cm³/mol. The van der Waals surface area contributed by atoms with Gasteiger partial charge in [-0.05, 0) is 31.2 Å². The number of ether oxygens (including phenoxy) is 4. The topological polar surface area (TPSA) is 53.5 Å². The fourth-order valence-electron chi connectivity index (χ4n) is 3.43. The maximum Gasteiger partial charge on any atom is 0.181 e. The molecule has 2 heterocycles. The molecular weight excluding hydrogens is 318 g/mol. The average Bonchev–Trinajstić information content (AvgIpc) is 2.99. The highest BCUT2D eigenvalue weighted by molar-refractivity contribution is 5.48. The van der Waals surface area contributed by atoms with Gasteiger partial charge in [-0.3, -0.25) is 0 Å². The highest BCUT2D eigenvalue weighted by Crippen LogP contribution is 2.34. The highest BCUT2D eigenvalue weighted by Gasteiger charge is 2.24. The SMILES string of the molecule is COc1cc2c(cc1C[NH2+]C[C@H]1COc3ccccc3O1)O[C@H](C)C2. The van der Waals surface area contributed by atoms with E-state index in [0.29, 0.717) is 6.61 Å². The minimum atomic E-state index is 0.0478. The Morgan fingerprint density at radius 3 is 2.80 bits per heavy atom. The van der Waals surface area contributed by atoms with Crippen molar-refractivity contribution in [2.24, 2.45) is 0 Å². The lowest BCUT2D eigenvalue weighted by Gasteiger charge is -2.25. The number of quaternary nitrogens is 1. The maximum absolute atomic E-state index is 6.00. The first kappa shape index (κ1) is 16.1. The summed E-state index contributed by atoms with van der Waals surface area (Å²) in [4.78, 5) is 0. The van der Waals surface area contributed by atoms with Crippen molar-refractivity contribution >= 4 is 0 Å². The van der Waals surface area contributed by atoms with Crippen LogP contribution in [0.4, 0.5) is 0 Å². The molecular formula is C20H24NO4+. The number of hydrogen-bond donors (Lipinski definition) is 1. The molecule has 2 atom stereocenters. The van der Waals surface area contributed by atoms with Gasteiger partial charge in [-0.25, -0.2) is 0 Å². The largest absolute Gasteiger partial charge is 0.496 e.